The van der Waals surface area contributed by atoms with Gasteiger partial charge in [0.05, 0.1) is 0 Å². The summed E-state index contributed by atoms with van der Waals surface area (Å²) in [6.07, 6.45) is 6.99. The summed E-state index contributed by atoms with van der Waals surface area (Å²) in [4.78, 5) is 14.0. The minimum absolute atomic E-state index is 0.549. The van der Waals surface area contributed by atoms with Crippen LogP contribution in [0.3, 0.4) is 0 Å². The van der Waals surface area contributed by atoms with Crippen LogP contribution in [0.25, 0.3) is 0 Å². The average Bonchev–Trinajstić information content (AvgIpc) is 3.15. The Morgan fingerprint density at radius 1 is 1.00 bits per heavy atom. The van der Waals surface area contributed by atoms with Crippen LogP contribution >= 0.6 is 0 Å². The number of aromatic nitrogens is 2. The van der Waals surface area contributed by atoms with Gasteiger partial charge in [-0.25, -0.2) is 4.98 Å². The number of aryl methyl sites for hydroxylation is 1. The van der Waals surface area contributed by atoms with Crippen molar-refractivity contribution in [3.63, 3.8) is 0 Å². The lowest BCUT2D eigenvalue weighted by atomic mass is 10.2. The molecule has 5 nitrogen and oxygen atoms in total. The van der Waals surface area contributed by atoms with Gasteiger partial charge >= 0.3 is 0 Å². The van der Waals surface area contributed by atoms with Gasteiger partial charge < -0.3 is 15.1 Å². The molecule has 0 bridgehead atoms. The maximum absolute atomic E-state index is 4.76. The first-order chi connectivity index (χ1) is 12.3. The van der Waals surface area contributed by atoms with E-state index in [0.717, 1.165) is 37.9 Å². The molecule has 1 aliphatic heterocycles. The highest BCUT2D eigenvalue weighted by molar-refractivity contribution is 5.51. The van der Waals surface area contributed by atoms with Crippen molar-refractivity contribution < 1.29 is 0 Å². The number of hydrogen-bond donors (Lipinski definition) is 1. The van der Waals surface area contributed by atoms with Crippen molar-refractivity contribution in [1.82, 2.24) is 9.97 Å². The Morgan fingerprint density at radius 2 is 1.76 bits per heavy atom. The van der Waals surface area contributed by atoms with Crippen molar-refractivity contribution in [3.05, 3.63) is 42.1 Å². The number of nitrogens with zero attached hydrogens (tertiary/aromatic N) is 4. The van der Waals surface area contributed by atoms with Gasteiger partial charge in [0.25, 0.3) is 0 Å². The third-order valence-electron chi connectivity index (χ3n) is 5.30. The Labute approximate surface area is 150 Å². The van der Waals surface area contributed by atoms with Crippen molar-refractivity contribution in [3.8, 4) is 0 Å². The Morgan fingerprint density at radius 3 is 2.52 bits per heavy atom. The highest BCUT2D eigenvalue weighted by Gasteiger charge is 2.20. The number of rotatable bonds is 4. The zero-order valence-corrected chi connectivity index (χ0v) is 15.0. The molecule has 5 heteroatoms. The zero-order valence-electron chi connectivity index (χ0n) is 15.0. The van der Waals surface area contributed by atoms with Crippen molar-refractivity contribution in [2.75, 3.05) is 41.3 Å². The van der Waals surface area contributed by atoms with Crippen LogP contribution in [-0.2, 0) is 0 Å². The van der Waals surface area contributed by atoms with Gasteiger partial charge in [-0.2, -0.15) is 4.98 Å². The Hall–Kier alpha value is -2.30. The van der Waals surface area contributed by atoms with Gasteiger partial charge in [0.1, 0.15) is 5.82 Å². The van der Waals surface area contributed by atoms with Crippen LogP contribution in [0, 0.1) is 6.92 Å². The second kappa shape index (κ2) is 7.30. The van der Waals surface area contributed by atoms with Gasteiger partial charge in [0.2, 0.25) is 5.95 Å². The first-order valence-electron chi connectivity index (χ1n) is 9.44. The van der Waals surface area contributed by atoms with E-state index in [-0.39, 0.29) is 0 Å². The highest BCUT2D eigenvalue weighted by atomic mass is 15.3. The van der Waals surface area contributed by atoms with Gasteiger partial charge in [-0.3, -0.25) is 0 Å². The lowest BCUT2D eigenvalue weighted by Crippen LogP contribution is -2.46. The van der Waals surface area contributed by atoms with E-state index >= 15 is 0 Å². The Bertz CT molecular complexity index is 703. The lowest BCUT2D eigenvalue weighted by Gasteiger charge is -2.37. The first kappa shape index (κ1) is 16.2. The molecule has 2 heterocycles. The SMILES string of the molecule is Cc1cccc(N2CCN(c3ccnc(NC4CCCC4)n3)CC2)c1. The summed E-state index contributed by atoms with van der Waals surface area (Å²) in [6, 6.07) is 11.3. The van der Waals surface area contributed by atoms with E-state index in [4.69, 9.17) is 4.98 Å². The summed E-state index contributed by atoms with van der Waals surface area (Å²) in [5.41, 5.74) is 2.64. The largest absolute Gasteiger partial charge is 0.368 e. The number of piperazine rings is 1. The Balaban J connectivity index is 1.38. The molecule has 2 aromatic rings. The smallest absolute Gasteiger partial charge is 0.224 e. The zero-order chi connectivity index (χ0) is 17.1. The third-order valence-corrected chi connectivity index (χ3v) is 5.30. The minimum Gasteiger partial charge on any atom is -0.368 e. The summed E-state index contributed by atoms with van der Waals surface area (Å²) in [7, 11) is 0. The van der Waals surface area contributed by atoms with Crippen LogP contribution in [0.2, 0.25) is 0 Å². The van der Waals surface area contributed by atoms with Crippen molar-refractivity contribution in [1.29, 1.82) is 0 Å². The molecule has 1 aromatic carbocycles. The number of hydrogen-bond acceptors (Lipinski definition) is 5. The predicted octanol–water partition coefficient (Wildman–Crippen LogP) is 3.47. The first-order valence-corrected chi connectivity index (χ1v) is 9.44. The van der Waals surface area contributed by atoms with Gasteiger partial charge in [-0.1, -0.05) is 25.0 Å². The van der Waals surface area contributed by atoms with E-state index in [9.17, 15) is 0 Å². The van der Waals surface area contributed by atoms with E-state index in [1.807, 2.05) is 12.3 Å². The maximum atomic E-state index is 4.76. The molecule has 2 fully saturated rings. The molecule has 4 rings (SSSR count). The number of anilines is 3. The second-order valence-electron chi connectivity index (χ2n) is 7.18. The highest BCUT2D eigenvalue weighted by Crippen LogP contribution is 2.23. The summed E-state index contributed by atoms with van der Waals surface area (Å²) in [5.74, 6) is 1.82. The van der Waals surface area contributed by atoms with Crippen LogP contribution in [0.1, 0.15) is 31.2 Å². The molecule has 0 amide bonds. The molecule has 2 aliphatic rings. The molecule has 1 aliphatic carbocycles. The summed E-state index contributed by atoms with van der Waals surface area (Å²) >= 11 is 0. The molecule has 1 saturated carbocycles. The Kier molecular flexibility index (Phi) is 4.72. The summed E-state index contributed by atoms with van der Waals surface area (Å²) in [5, 5.41) is 3.50. The molecular weight excluding hydrogens is 310 g/mol. The van der Waals surface area contributed by atoms with Crippen molar-refractivity contribution in [2.45, 2.75) is 38.6 Å². The topological polar surface area (TPSA) is 44.3 Å². The molecule has 0 radical (unpaired) electrons. The third kappa shape index (κ3) is 3.86. The number of benzene rings is 1. The van der Waals surface area contributed by atoms with Crippen LogP contribution in [0.5, 0.6) is 0 Å². The molecular formula is C20H27N5. The van der Waals surface area contributed by atoms with E-state index in [2.05, 4.69) is 51.3 Å². The van der Waals surface area contributed by atoms with Crippen molar-refractivity contribution >= 4 is 17.5 Å². The minimum atomic E-state index is 0.549. The molecule has 0 unspecified atom stereocenters. The molecule has 0 spiro atoms. The second-order valence-corrected chi connectivity index (χ2v) is 7.18. The van der Waals surface area contributed by atoms with Crippen LogP contribution < -0.4 is 15.1 Å². The monoisotopic (exact) mass is 337 g/mol. The fraction of sp³-hybridized carbons (Fsp3) is 0.500. The van der Waals surface area contributed by atoms with Gasteiger partial charge in [-0.05, 0) is 43.5 Å². The van der Waals surface area contributed by atoms with Gasteiger partial charge in [0.15, 0.2) is 0 Å². The predicted molar refractivity (Wildman–Crippen MR) is 104 cm³/mol. The fourth-order valence-corrected chi connectivity index (χ4v) is 3.87. The standard InChI is InChI=1S/C20H27N5/c1-16-5-4-8-18(15-16)24-11-13-25(14-12-24)19-9-10-21-20(23-19)22-17-6-2-3-7-17/h4-5,8-10,15,17H,2-3,6-7,11-14H2,1H3,(H,21,22,23). The van der Waals surface area contributed by atoms with E-state index < -0.39 is 0 Å². The average molecular weight is 337 g/mol. The van der Waals surface area contributed by atoms with Crippen LogP contribution in [0.15, 0.2) is 36.5 Å². The van der Waals surface area contributed by atoms with E-state index in [1.54, 1.807) is 0 Å². The van der Waals surface area contributed by atoms with Gasteiger partial charge in [0, 0.05) is 44.1 Å². The normalized spacial score (nSPS) is 18.6. The molecule has 1 N–H and O–H groups in total. The summed E-state index contributed by atoms with van der Waals surface area (Å²) < 4.78 is 0. The van der Waals surface area contributed by atoms with Crippen LogP contribution in [0.4, 0.5) is 17.5 Å². The molecule has 1 aromatic heterocycles. The lowest BCUT2D eigenvalue weighted by molar-refractivity contribution is 0.646. The quantitative estimate of drug-likeness (QED) is 0.925. The molecule has 0 atom stereocenters. The van der Waals surface area contributed by atoms with E-state index in [1.165, 1.54) is 36.9 Å². The molecule has 132 valence electrons. The maximum Gasteiger partial charge on any atom is 0.224 e. The van der Waals surface area contributed by atoms with E-state index in [0.29, 0.717) is 6.04 Å². The fourth-order valence-electron chi connectivity index (χ4n) is 3.87. The van der Waals surface area contributed by atoms with Crippen LogP contribution in [-0.4, -0.2) is 42.2 Å². The molecule has 1 saturated heterocycles. The number of nitrogens with one attached hydrogen (secondary N) is 1. The molecule has 25 heavy (non-hydrogen) atoms. The van der Waals surface area contributed by atoms with Gasteiger partial charge in [-0.15, -0.1) is 0 Å². The van der Waals surface area contributed by atoms with Crippen molar-refractivity contribution in [2.24, 2.45) is 0 Å². The summed E-state index contributed by atoms with van der Waals surface area (Å²) in [6.45, 7) is 6.19.